The highest BCUT2D eigenvalue weighted by Crippen LogP contribution is 2.36. The number of alkyl halides is 3. The summed E-state index contributed by atoms with van der Waals surface area (Å²) in [5.41, 5.74) is -0.134. The van der Waals surface area contributed by atoms with Crippen LogP contribution < -0.4 is 5.32 Å². The van der Waals surface area contributed by atoms with Crippen molar-refractivity contribution >= 4 is 21.6 Å². The molecule has 3 nitrogen and oxygen atoms in total. The highest BCUT2D eigenvalue weighted by atomic mass is 79.9. The molecule has 0 saturated heterocycles. The Morgan fingerprint density at radius 2 is 2.00 bits per heavy atom. The van der Waals surface area contributed by atoms with Crippen LogP contribution in [0.25, 0.3) is 0 Å². The van der Waals surface area contributed by atoms with Crippen molar-refractivity contribution in [1.29, 1.82) is 0 Å². The quantitative estimate of drug-likeness (QED) is 0.927. The summed E-state index contributed by atoms with van der Waals surface area (Å²) in [5.74, 6) is 0. The highest BCUT2D eigenvalue weighted by molar-refractivity contribution is 9.10. The summed E-state index contributed by atoms with van der Waals surface area (Å²) in [4.78, 5) is 0. The molecule has 0 aliphatic carbocycles. The second-order valence-electron chi connectivity index (χ2n) is 3.76. The average molecular weight is 332 g/mol. The first-order chi connectivity index (χ1) is 8.97. The van der Waals surface area contributed by atoms with Crippen LogP contribution in [-0.4, -0.2) is 10.2 Å². The van der Waals surface area contributed by atoms with Gasteiger partial charge in [-0.2, -0.15) is 23.4 Å². The van der Waals surface area contributed by atoms with Crippen molar-refractivity contribution in [2.45, 2.75) is 12.7 Å². The molecule has 1 heterocycles. The average Bonchev–Trinajstić information content (AvgIpc) is 2.37. The molecular formula is C12H9BrF3N3. The third-order valence-electron chi connectivity index (χ3n) is 2.37. The molecular weight excluding hydrogens is 323 g/mol. The topological polar surface area (TPSA) is 37.8 Å². The van der Waals surface area contributed by atoms with Gasteiger partial charge in [0.1, 0.15) is 0 Å². The molecule has 7 heteroatoms. The lowest BCUT2D eigenvalue weighted by Gasteiger charge is -2.14. The van der Waals surface area contributed by atoms with Crippen LogP contribution >= 0.6 is 15.9 Å². The lowest BCUT2D eigenvalue weighted by molar-refractivity contribution is -0.137. The number of rotatable bonds is 3. The van der Waals surface area contributed by atoms with Crippen LogP contribution in [0.5, 0.6) is 0 Å². The summed E-state index contributed by atoms with van der Waals surface area (Å²) in [7, 11) is 0. The number of hydrogen-bond donors (Lipinski definition) is 1. The predicted molar refractivity (Wildman–Crippen MR) is 68.5 cm³/mol. The Hall–Kier alpha value is -1.63. The molecule has 100 valence electrons. The number of halogens is 4. The number of hydrogen-bond acceptors (Lipinski definition) is 3. The molecule has 0 spiro atoms. The van der Waals surface area contributed by atoms with E-state index in [1.165, 1.54) is 12.3 Å². The summed E-state index contributed by atoms with van der Waals surface area (Å²) < 4.78 is 39.0. The molecule has 0 fully saturated rings. The lowest BCUT2D eigenvalue weighted by atomic mass is 10.1. The monoisotopic (exact) mass is 331 g/mol. The van der Waals surface area contributed by atoms with Crippen molar-refractivity contribution < 1.29 is 13.2 Å². The number of aromatic nitrogens is 2. The van der Waals surface area contributed by atoms with E-state index in [0.717, 1.165) is 6.07 Å². The van der Waals surface area contributed by atoms with Gasteiger partial charge in [0.15, 0.2) is 0 Å². The van der Waals surface area contributed by atoms with Crippen molar-refractivity contribution in [3.05, 3.63) is 52.3 Å². The van der Waals surface area contributed by atoms with E-state index in [0.29, 0.717) is 10.2 Å². The summed E-state index contributed by atoms with van der Waals surface area (Å²) in [6.45, 7) is 0.179. The van der Waals surface area contributed by atoms with Gasteiger partial charge in [-0.3, -0.25) is 0 Å². The van der Waals surface area contributed by atoms with Gasteiger partial charge in [-0.05, 0) is 30.3 Å². The van der Waals surface area contributed by atoms with Crippen molar-refractivity contribution in [2.24, 2.45) is 0 Å². The fourth-order valence-corrected chi connectivity index (χ4v) is 1.88. The molecule has 0 aliphatic rings. The molecule has 1 aromatic carbocycles. The molecule has 0 amide bonds. The van der Waals surface area contributed by atoms with E-state index in [1.54, 1.807) is 18.2 Å². The number of nitrogens with zero attached hydrogens (tertiary/aromatic N) is 2. The Morgan fingerprint density at radius 3 is 2.63 bits per heavy atom. The van der Waals surface area contributed by atoms with Crippen molar-refractivity contribution in [3.8, 4) is 0 Å². The largest absolute Gasteiger partial charge is 0.418 e. The summed E-state index contributed by atoms with van der Waals surface area (Å²) in [6.07, 6.45) is -2.90. The Kier molecular flexibility index (Phi) is 4.04. The molecule has 19 heavy (non-hydrogen) atoms. The van der Waals surface area contributed by atoms with Gasteiger partial charge in [-0.25, -0.2) is 0 Å². The molecule has 0 radical (unpaired) electrons. The van der Waals surface area contributed by atoms with E-state index < -0.39 is 11.7 Å². The Bertz CT molecular complexity index is 558. The first-order valence-corrected chi connectivity index (χ1v) is 6.13. The van der Waals surface area contributed by atoms with Crippen LogP contribution in [0.1, 0.15) is 11.3 Å². The normalized spacial score (nSPS) is 11.4. The molecule has 0 atom stereocenters. The summed E-state index contributed by atoms with van der Waals surface area (Å²) in [6, 6.07) is 7.33. The van der Waals surface area contributed by atoms with Gasteiger partial charge in [0.25, 0.3) is 0 Å². The number of benzene rings is 1. The predicted octanol–water partition coefficient (Wildman–Crippen LogP) is 3.87. The van der Waals surface area contributed by atoms with Crippen LogP contribution in [0.3, 0.4) is 0 Å². The third kappa shape index (κ3) is 3.66. The number of nitrogens with one attached hydrogen (secondary N) is 1. The highest BCUT2D eigenvalue weighted by Gasteiger charge is 2.33. The van der Waals surface area contributed by atoms with E-state index in [-0.39, 0.29) is 12.2 Å². The maximum atomic E-state index is 12.9. The molecule has 2 rings (SSSR count). The molecule has 2 aromatic rings. The first kappa shape index (κ1) is 13.8. The van der Waals surface area contributed by atoms with E-state index in [4.69, 9.17) is 0 Å². The Labute approximate surface area is 116 Å². The first-order valence-electron chi connectivity index (χ1n) is 5.34. The van der Waals surface area contributed by atoms with Gasteiger partial charge in [-0.1, -0.05) is 15.9 Å². The minimum absolute atomic E-state index is 0.0151. The van der Waals surface area contributed by atoms with Crippen LogP contribution in [0, 0.1) is 0 Å². The zero-order valence-corrected chi connectivity index (χ0v) is 11.2. The zero-order chi connectivity index (χ0) is 13.9. The fraction of sp³-hybridized carbons (Fsp3) is 0.167. The molecule has 0 bridgehead atoms. The molecule has 1 N–H and O–H groups in total. The van der Waals surface area contributed by atoms with E-state index >= 15 is 0 Å². The van der Waals surface area contributed by atoms with Crippen LogP contribution in [-0.2, 0) is 12.7 Å². The van der Waals surface area contributed by atoms with Crippen molar-refractivity contribution in [3.63, 3.8) is 0 Å². The third-order valence-corrected chi connectivity index (χ3v) is 2.87. The van der Waals surface area contributed by atoms with Crippen LogP contribution in [0.15, 0.2) is 41.0 Å². The van der Waals surface area contributed by atoms with Gasteiger partial charge in [0, 0.05) is 16.4 Å². The van der Waals surface area contributed by atoms with E-state index in [2.05, 4.69) is 31.4 Å². The molecule has 1 aromatic heterocycles. The Balaban J connectivity index is 2.21. The lowest BCUT2D eigenvalue weighted by Crippen LogP contribution is -2.11. The van der Waals surface area contributed by atoms with E-state index in [9.17, 15) is 13.2 Å². The second-order valence-corrected chi connectivity index (χ2v) is 4.67. The SMILES string of the molecule is FC(F)(F)c1cc(Br)ccc1NCc1cccnn1. The van der Waals surface area contributed by atoms with Gasteiger partial charge in [0.2, 0.25) is 0 Å². The maximum Gasteiger partial charge on any atom is 0.418 e. The second kappa shape index (κ2) is 5.56. The molecule has 0 aliphatic heterocycles. The standard InChI is InChI=1S/C12H9BrF3N3/c13-8-3-4-11(10(6-8)12(14,15)16)17-7-9-2-1-5-18-19-9/h1-6,17H,7H2. The zero-order valence-electron chi connectivity index (χ0n) is 9.58. The van der Waals surface area contributed by atoms with Gasteiger partial charge < -0.3 is 5.32 Å². The van der Waals surface area contributed by atoms with Gasteiger partial charge in [0.05, 0.1) is 17.8 Å². The van der Waals surface area contributed by atoms with Crippen molar-refractivity contribution in [2.75, 3.05) is 5.32 Å². The summed E-state index contributed by atoms with van der Waals surface area (Å²) >= 11 is 3.03. The maximum absolute atomic E-state index is 12.9. The summed E-state index contributed by atoms with van der Waals surface area (Å²) in [5, 5.41) is 10.2. The minimum atomic E-state index is -4.41. The number of anilines is 1. The van der Waals surface area contributed by atoms with Crippen molar-refractivity contribution in [1.82, 2.24) is 10.2 Å². The van der Waals surface area contributed by atoms with Gasteiger partial charge >= 0.3 is 6.18 Å². The van der Waals surface area contributed by atoms with Crippen LogP contribution in [0.4, 0.5) is 18.9 Å². The van der Waals surface area contributed by atoms with E-state index in [1.807, 2.05) is 0 Å². The molecule has 0 saturated carbocycles. The van der Waals surface area contributed by atoms with Gasteiger partial charge in [-0.15, -0.1) is 0 Å². The smallest absolute Gasteiger partial charge is 0.379 e. The minimum Gasteiger partial charge on any atom is -0.379 e. The van der Waals surface area contributed by atoms with Crippen LogP contribution in [0.2, 0.25) is 0 Å². The molecule has 0 unspecified atom stereocenters. The fourth-order valence-electron chi connectivity index (χ4n) is 1.52. The Morgan fingerprint density at radius 1 is 1.21 bits per heavy atom.